The van der Waals surface area contributed by atoms with Crippen LogP contribution in [0.1, 0.15) is 42.5 Å². The molecule has 2 amide bonds. The highest BCUT2D eigenvalue weighted by atomic mass is 32.1. The van der Waals surface area contributed by atoms with E-state index in [9.17, 15) is 9.59 Å². The van der Waals surface area contributed by atoms with E-state index in [2.05, 4.69) is 16.8 Å². The third-order valence-electron chi connectivity index (χ3n) is 5.03. The van der Waals surface area contributed by atoms with Crippen LogP contribution in [-0.2, 0) is 22.6 Å². The zero-order chi connectivity index (χ0) is 16.2. The minimum absolute atomic E-state index is 0.0167. The van der Waals surface area contributed by atoms with Gasteiger partial charge in [-0.2, -0.15) is 0 Å². The first-order valence-electron chi connectivity index (χ1n) is 8.50. The lowest BCUT2D eigenvalue weighted by Crippen LogP contribution is -2.40. The van der Waals surface area contributed by atoms with Crippen molar-refractivity contribution in [1.29, 1.82) is 0 Å². The molecule has 1 saturated carbocycles. The second kappa shape index (κ2) is 7.45. The third-order valence-corrected chi connectivity index (χ3v) is 6.06. The summed E-state index contributed by atoms with van der Waals surface area (Å²) in [4.78, 5) is 27.7. The number of nitrogens with one attached hydrogen (secondary N) is 1. The van der Waals surface area contributed by atoms with Gasteiger partial charge in [0.25, 0.3) is 0 Å². The molecular weight excluding hydrogens is 310 g/mol. The molecule has 0 bridgehead atoms. The molecule has 2 aliphatic rings. The molecule has 2 unspecified atom stereocenters. The highest BCUT2D eigenvalue weighted by Gasteiger charge is 2.27. The van der Waals surface area contributed by atoms with E-state index in [1.807, 2.05) is 4.90 Å². The number of thiophene rings is 1. The van der Waals surface area contributed by atoms with Crippen LogP contribution >= 0.6 is 11.3 Å². The zero-order valence-corrected chi connectivity index (χ0v) is 14.2. The van der Waals surface area contributed by atoms with E-state index in [0.29, 0.717) is 25.4 Å². The molecule has 3 rings (SSSR count). The Balaban J connectivity index is 1.43. The molecule has 126 valence electrons. The van der Waals surface area contributed by atoms with E-state index in [4.69, 9.17) is 5.73 Å². The highest BCUT2D eigenvalue weighted by molar-refractivity contribution is 7.10. The van der Waals surface area contributed by atoms with Gasteiger partial charge in [-0.15, -0.1) is 11.3 Å². The SMILES string of the molecule is NCC1CCCC1NC(=O)CCC(=O)N1CCc2sccc2C1. The lowest BCUT2D eigenvalue weighted by atomic mass is 10.0. The topological polar surface area (TPSA) is 75.4 Å². The molecule has 1 aliphatic heterocycles. The van der Waals surface area contributed by atoms with Crippen LogP contribution in [0.4, 0.5) is 0 Å². The van der Waals surface area contributed by atoms with E-state index in [1.165, 1.54) is 10.4 Å². The molecular formula is C17H25N3O2S. The third kappa shape index (κ3) is 3.93. The van der Waals surface area contributed by atoms with Crippen LogP contribution in [0.5, 0.6) is 0 Å². The van der Waals surface area contributed by atoms with E-state index < -0.39 is 0 Å². The Bertz CT molecular complexity index is 572. The maximum atomic E-state index is 12.3. The number of amides is 2. The van der Waals surface area contributed by atoms with Gasteiger partial charge in [0.2, 0.25) is 11.8 Å². The van der Waals surface area contributed by atoms with Crippen LogP contribution in [0.3, 0.4) is 0 Å². The quantitative estimate of drug-likeness (QED) is 0.859. The normalized spacial score (nSPS) is 23.6. The Morgan fingerprint density at radius 2 is 2.22 bits per heavy atom. The summed E-state index contributed by atoms with van der Waals surface area (Å²) in [6.45, 7) is 2.09. The molecule has 0 spiro atoms. The first-order valence-corrected chi connectivity index (χ1v) is 9.38. The minimum Gasteiger partial charge on any atom is -0.353 e. The summed E-state index contributed by atoms with van der Waals surface area (Å²) in [5, 5.41) is 5.15. The second-order valence-corrected chi connectivity index (χ2v) is 7.54. The first-order chi connectivity index (χ1) is 11.2. The van der Waals surface area contributed by atoms with Crippen molar-refractivity contribution in [3.63, 3.8) is 0 Å². The zero-order valence-electron chi connectivity index (χ0n) is 13.4. The summed E-state index contributed by atoms with van der Waals surface area (Å²) >= 11 is 1.77. The summed E-state index contributed by atoms with van der Waals surface area (Å²) in [7, 11) is 0. The van der Waals surface area contributed by atoms with Gasteiger partial charge < -0.3 is 16.0 Å². The largest absolute Gasteiger partial charge is 0.353 e. The average Bonchev–Trinajstić information content (AvgIpc) is 3.20. The van der Waals surface area contributed by atoms with Gasteiger partial charge in [0.05, 0.1) is 0 Å². The molecule has 3 N–H and O–H groups in total. The summed E-state index contributed by atoms with van der Waals surface area (Å²) in [6.07, 6.45) is 4.74. The molecule has 0 radical (unpaired) electrons. The molecule has 2 heterocycles. The van der Waals surface area contributed by atoms with Gasteiger partial charge in [-0.1, -0.05) is 6.42 Å². The Kier molecular flexibility index (Phi) is 5.33. The lowest BCUT2D eigenvalue weighted by molar-refractivity contribution is -0.134. The maximum Gasteiger partial charge on any atom is 0.223 e. The standard InChI is InChI=1S/C17H25N3O2S/c18-10-12-2-1-3-14(12)19-16(21)4-5-17(22)20-8-6-15-13(11-20)7-9-23-15/h7,9,12,14H,1-6,8,10-11,18H2,(H,19,21). The number of hydrogen-bond acceptors (Lipinski definition) is 4. The number of nitrogens with zero attached hydrogens (tertiary/aromatic N) is 1. The fraction of sp³-hybridized carbons (Fsp3) is 0.647. The molecule has 1 aromatic heterocycles. The molecule has 0 saturated heterocycles. The van der Waals surface area contributed by atoms with Crippen LogP contribution in [0.2, 0.25) is 0 Å². The number of carbonyl (C=O) groups is 2. The van der Waals surface area contributed by atoms with Crippen molar-refractivity contribution in [2.45, 2.75) is 51.1 Å². The summed E-state index contributed by atoms with van der Waals surface area (Å²) in [5.41, 5.74) is 7.00. The molecule has 1 aromatic rings. The molecule has 23 heavy (non-hydrogen) atoms. The van der Waals surface area contributed by atoms with Crippen LogP contribution in [0.15, 0.2) is 11.4 Å². The lowest BCUT2D eigenvalue weighted by Gasteiger charge is -2.27. The van der Waals surface area contributed by atoms with Crippen molar-refractivity contribution in [3.05, 3.63) is 21.9 Å². The van der Waals surface area contributed by atoms with Crippen molar-refractivity contribution >= 4 is 23.2 Å². The van der Waals surface area contributed by atoms with Crippen LogP contribution in [0.25, 0.3) is 0 Å². The number of rotatable bonds is 5. The Labute approximate surface area is 141 Å². The highest BCUT2D eigenvalue weighted by Crippen LogP contribution is 2.25. The first kappa shape index (κ1) is 16.5. The predicted octanol–water partition coefficient (Wildman–Crippen LogP) is 1.66. The van der Waals surface area contributed by atoms with Gasteiger partial charge in [-0.25, -0.2) is 0 Å². The van der Waals surface area contributed by atoms with E-state index in [-0.39, 0.29) is 24.3 Å². The number of carbonyl (C=O) groups excluding carboxylic acids is 2. The molecule has 5 nitrogen and oxygen atoms in total. The van der Waals surface area contributed by atoms with Gasteiger partial charge in [0, 0.05) is 36.9 Å². The number of fused-ring (bicyclic) bond motifs is 1. The van der Waals surface area contributed by atoms with Crippen LogP contribution < -0.4 is 11.1 Å². The molecule has 1 fully saturated rings. The van der Waals surface area contributed by atoms with Crippen molar-refractivity contribution in [3.8, 4) is 0 Å². The van der Waals surface area contributed by atoms with Gasteiger partial charge in [-0.3, -0.25) is 9.59 Å². The summed E-state index contributed by atoms with van der Waals surface area (Å²) in [6, 6.07) is 2.30. The Morgan fingerprint density at radius 3 is 3.04 bits per heavy atom. The Hall–Kier alpha value is -1.40. The molecule has 2 atom stereocenters. The second-order valence-electron chi connectivity index (χ2n) is 6.54. The van der Waals surface area contributed by atoms with Gasteiger partial charge in [0.1, 0.15) is 0 Å². The Morgan fingerprint density at radius 1 is 1.35 bits per heavy atom. The average molecular weight is 335 g/mol. The van der Waals surface area contributed by atoms with Crippen LogP contribution in [0, 0.1) is 5.92 Å². The van der Waals surface area contributed by atoms with Crippen molar-refractivity contribution in [1.82, 2.24) is 10.2 Å². The van der Waals surface area contributed by atoms with Crippen molar-refractivity contribution in [2.24, 2.45) is 11.7 Å². The fourth-order valence-corrected chi connectivity index (χ4v) is 4.52. The number of hydrogen-bond donors (Lipinski definition) is 2. The van der Waals surface area contributed by atoms with Gasteiger partial charge in [-0.05, 0) is 48.7 Å². The minimum atomic E-state index is -0.0167. The number of nitrogens with two attached hydrogens (primary N) is 1. The van der Waals surface area contributed by atoms with Gasteiger partial charge >= 0.3 is 0 Å². The van der Waals surface area contributed by atoms with Gasteiger partial charge in [0.15, 0.2) is 0 Å². The fourth-order valence-electron chi connectivity index (χ4n) is 3.63. The summed E-state index contributed by atoms with van der Waals surface area (Å²) < 4.78 is 0. The predicted molar refractivity (Wildman–Crippen MR) is 91.0 cm³/mol. The maximum absolute atomic E-state index is 12.3. The molecule has 1 aliphatic carbocycles. The van der Waals surface area contributed by atoms with Crippen molar-refractivity contribution < 1.29 is 9.59 Å². The van der Waals surface area contributed by atoms with Crippen LogP contribution in [-0.4, -0.2) is 35.8 Å². The summed E-state index contributed by atoms with van der Waals surface area (Å²) in [5.74, 6) is 0.462. The monoisotopic (exact) mass is 335 g/mol. The smallest absolute Gasteiger partial charge is 0.223 e. The van der Waals surface area contributed by atoms with Crippen molar-refractivity contribution in [2.75, 3.05) is 13.1 Å². The molecule has 6 heteroatoms. The van der Waals surface area contributed by atoms with E-state index in [0.717, 1.165) is 32.2 Å². The van der Waals surface area contributed by atoms with E-state index in [1.54, 1.807) is 11.3 Å². The van der Waals surface area contributed by atoms with E-state index >= 15 is 0 Å². The molecule has 0 aromatic carbocycles.